The molecule has 4 fully saturated rings. The van der Waals surface area contributed by atoms with Crippen molar-refractivity contribution in [1.29, 1.82) is 0 Å². The predicted molar refractivity (Wildman–Crippen MR) is 145 cm³/mol. The number of ether oxygens (including phenoxy) is 2. The lowest BCUT2D eigenvalue weighted by molar-refractivity contribution is -0.118. The maximum atomic E-state index is 14.4. The number of carbonyl (C=O) groups excluding carboxylic acids is 2. The predicted octanol–water partition coefficient (Wildman–Crippen LogP) is 6.69. The molecule has 1 saturated heterocycles. The van der Waals surface area contributed by atoms with Crippen LogP contribution in [0.1, 0.15) is 96.5 Å². The van der Waals surface area contributed by atoms with Crippen molar-refractivity contribution in [2.24, 2.45) is 28.6 Å². The molecule has 1 N–H and O–H groups in total. The summed E-state index contributed by atoms with van der Waals surface area (Å²) in [5.41, 5.74) is 1.93. The SMILES string of the molecule is C[C@@]12CCC[C@H]1[C@@H]1CN(C(=O)NC3(c4ccc5c(c4)OCO5)CCCCC3)C3=CC(=O)CC[C@]3(C)[C@H]1CC2. The van der Waals surface area contributed by atoms with E-state index in [-0.39, 0.29) is 24.0 Å². The van der Waals surface area contributed by atoms with Crippen molar-refractivity contribution in [2.45, 2.75) is 96.4 Å². The van der Waals surface area contributed by atoms with E-state index < -0.39 is 5.54 Å². The lowest BCUT2D eigenvalue weighted by atomic mass is 9.50. The molecule has 2 aliphatic heterocycles. The Labute approximate surface area is 226 Å². The van der Waals surface area contributed by atoms with Gasteiger partial charge in [0.2, 0.25) is 6.79 Å². The fourth-order valence-corrected chi connectivity index (χ4v) is 9.60. The molecule has 1 aromatic carbocycles. The molecule has 0 bridgehead atoms. The third-order valence-electron chi connectivity index (χ3n) is 11.7. The second-order valence-corrected chi connectivity index (χ2v) is 13.6. The number of urea groups is 1. The van der Waals surface area contributed by atoms with Crippen molar-refractivity contribution in [2.75, 3.05) is 13.3 Å². The molecule has 6 aliphatic rings. The summed E-state index contributed by atoms with van der Waals surface area (Å²) in [6.45, 7) is 5.84. The number of likely N-dealkylation sites (tertiary alicyclic amines) is 1. The van der Waals surface area contributed by atoms with Crippen molar-refractivity contribution in [3.05, 3.63) is 35.5 Å². The summed E-state index contributed by atoms with van der Waals surface area (Å²) in [6.07, 6.45) is 14.9. The fraction of sp³-hybridized carbons (Fsp3) is 0.688. The average Bonchev–Trinajstić information content (AvgIpc) is 3.55. The van der Waals surface area contributed by atoms with Gasteiger partial charge < -0.3 is 14.8 Å². The second kappa shape index (κ2) is 8.76. The van der Waals surface area contributed by atoms with E-state index in [0.717, 1.165) is 61.4 Å². The van der Waals surface area contributed by atoms with Gasteiger partial charge in [0.25, 0.3) is 0 Å². The van der Waals surface area contributed by atoms with Crippen LogP contribution in [0.5, 0.6) is 11.5 Å². The summed E-state index contributed by atoms with van der Waals surface area (Å²) in [4.78, 5) is 29.2. The molecule has 2 amide bonds. The Hall–Kier alpha value is -2.50. The van der Waals surface area contributed by atoms with Crippen molar-refractivity contribution in [1.82, 2.24) is 10.2 Å². The van der Waals surface area contributed by atoms with E-state index in [1.54, 1.807) is 0 Å². The van der Waals surface area contributed by atoms with Crippen LogP contribution < -0.4 is 14.8 Å². The minimum absolute atomic E-state index is 0.0273. The maximum Gasteiger partial charge on any atom is 0.322 e. The zero-order valence-corrected chi connectivity index (χ0v) is 23.0. The molecule has 0 aromatic heterocycles. The third kappa shape index (κ3) is 3.65. The Bertz CT molecular complexity index is 1190. The number of benzene rings is 1. The number of piperidine rings is 1. The van der Waals surface area contributed by atoms with Gasteiger partial charge in [-0.2, -0.15) is 0 Å². The molecular weight excluding hydrogens is 476 g/mol. The number of amides is 2. The van der Waals surface area contributed by atoms with Crippen LogP contribution in [0.15, 0.2) is 30.0 Å². The number of carbonyl (C=O) groups is 2. The van der Waals surface area contributed by atoms with Gasteiger partial charge in [-0.05, 0) is 85.8 Å². The first kappa shape index (κ1) is 24.5. The lowest BCUT2D eigenvalue weighted by Crippen LogP contribution is -2.61. The Morgan fingerprint density at radius 1 is 0.947 bits per heavy atom. The van der Waals surface area contributed by atoms with E-state index in [4.69, 9.17) is 9.47 Å². The van der Waals surface area contributed by atoms with Crippen LogP contribution in [0.4, 0.5) is 4.79 Å². The molecule has 6 nitrogen and oxygen atoms in total. The van der Waals surface area contributed by atoms with Crippen molar-refractivity contribution in [3.8, 4) is 11.5 Å². The number of hydrogen-bond donors (Lipinski definition) is 1. The van der Waals surface area contributed by atoms with Crippen molar-refractivity contribution < 1.29 is 19.1 Å². The van der Waals surface area contributed by atoms with Crippen LogP contribution in [-0.4, -0.2) is 30.1 Å². The highest BCUT2D eigenvalue weighted by Gasteiger charge is 2.59. The van der Waals surface area contributed by atoms with E-state index in [0.29, 0.717) is 29.6 Å². The van der Waals surface area contributed by atoms with Crippen molar-refractivity contribution in [3.63, 3.8) is 0 Å². The van der Waals surface area contributed by atoms with Crippen molar-refractivity contribution >= 4 is 11.8 Å². The topological polar surface area (TPSA) is 67.9 Å². The van der Waals surface area contributed by atoms with E-state index in [1.165, 1.54) is 38.5 Å². The van der Waals surface area contributed by atoms with Gasteiger partial charge in [-0.3, -0.25) is 9.69 Å². The Morgan fingerprint density at radius 3 is 2.61 bits per heavy atom. The molecule has 0 spiro atoms. The zero-order valence-electron chi connectivity index (χ0n) is 23.0. The van der Waals surface area contributed by atoms with Gasteiger partial charge >= 0.3 is 6.03 Å². The first-order valence-corrected chi connectivity index (χ1v) is 15.1. The summed E-state index contributed by atoms with van der Waals surface area (Å²) in [7, 11) is 0. The number of fused-ring (bicyclic) bond motifs is 6. The molecule has 38 heavy (non-hydrogen) atoms. The normalized spacial score (nSPS) is 37.1. The molecule has 3 saturated carbocycles. The number of allylic oxidation sites excluding steroid dienone is 2. The van der Waals surface area contributed by atoms with Crippen LogP contribution >= 0.6 is 0 Å². The summed E-state index contributed by atoms with van der Waals surface area (Å²) < 4.78 is 11.3. The highest BCUT2D eigenvalue weighted by Crippen LogP contribution is 2.64. The standard InChI is InChI=1S/C32H42N2O4/c1-30-12-6-7-24(30)23-19-34(28-18-22(35)10-16-31(28,2)25(23)11-15-30)29(36)33-32(13-4-3-5-14-32)21-8-9-26-27(17-21)38-20-37-26/h8-9,17-18,23-25H,3-7,10-16,19-20H2,1-2H3,(H,33,36)/t23-,24-,25-,30-,31+/m0/s1. The number of ketones is 1. The average molecular weight is 519 g/mol. The molecule has 204 valence electrons. The van der Waals surface area contributed by atoms with Crippen LogP contribution in [0.2, 0.25) is 0 Å². The Morgan fingerprint density at radius 2 is 1.76 bits per heavy atom. The fourth-order valence-electron chi connectivity index (χ4n) is 9.60. The smallest absolute Gasteiger partial charge is 0.322 e. The summed E-state index contributed by atoms with van der Waals surface area (Å²) in [6, 6.07) is 6.12. The third-order valence-corrected chi connectivity index (χ3v) is 11.7. The molecule has 6 heteroatoms. The Kier molecular flexibility index (Phi) is 5.65. The minimum Gasteiger partial charge on any atom is -0.454 e. The van der Waals surface area contributed by atoms with E-state index in [2.05, 4.69) is 31.3 Å². The molecular formula is C32H42N2O4. The van der Waals surface area contributed by atoms with E-state index in [1.807, 2.05) is 17.0 Å². The van der Waals surface area contributed by atoms with E-state index in [9.17, 15) is 9.59 Å². The zero-order chi connectivity index (χ0) is 26.1. The summed E-state index contributed by atoms with van der Waals surface area (Å²) in [5, 5.41) is 3.58. The number of hydrogen-bond acceptors (Lipinski definition) is 4. The molecule has 1 aromatic rings. The van der Waals surface area contributed by atoms with Gasteiger partial charge in [-0.15, -0.1) is 0 Å². The summed E-state index contributed by atoms with van der Waals surface area (Å²) in [5.74, 6) is 3.43. The maximum absolute atomic E-state index is 14.4. The molecule has 5 atom stereocenters. The van der Waals surface area contributed by atoms with Crippen LogP contribution in [-0.2, 0) is 10.3 Å². The molecule has 4 aliphatic carbocycles. The molecule has 7 rings (SSSR count). The quantitative estimate of drug-likeness (QED) is 0.474. The first-order valence-electron chi connectivity index (χ1n) is 15.1. The van der Waals surface area contributed by atoms with Crippen LogP contribution in [0.25, 0.3) is 0 Å². The van der Waals surface area contributed by atoms with Gasteiger partial charge in [0.15, 0.2) is 17.3 Å². The van der Waals surface area contributed by atoms with Gasteiger partial charge in [-0.1, -0.05) is 45.6 Å². The minimum atomic E-state index is -0.433. The Balaban J connectivity index is 1.24. The van der Waals surface area contributed by atoms with Gasteiger partial charge in [0, 0.05) is 30.2 Å². The van der Waals surface area contributed by atoms with Gasteiger partial charge in [0.1, 0.15) is 0 Å². The molecule has 2 heterocycles. The van der Waals surface area contributed by atoms with E-state index >= 15 is 0 Å². The second-order valence-electron chi connectivity index (χ2n) is 13.6. The molecule has 0 unspecified atom stereocenters. The summed E-state index contributed by atoms with van der Waals surface area (Å²) >= 11 is 0. The highest BCUT2D eigenvalue weighted by molar-refractivity contribution is 5.93. The first-order chi connectivity index (χ1) is 18.3. The van der Waals surface area contributed by atoms with Crippen LogP contribution in [0.3, 0.4) is 0 Å². The molecule has 0 radical (unpaired) electrons. The number of nitrogens with one attached hydrogen (secondary N) is 1. The monoisotopic (exact) mass is 518 g/mol. The van der Waals surface area contributed by atoms with Crippen LogP contribution in [0, 0.1) is 28.6 Å². The van der Waals surface area contributed by atoms with Gasteiger partial charge in [0.05, 0.1) is 5.54 Å². The number of nitrogens with zero attached hydrogens (tertiary/aromatic N) is 1. The number of rotatable bonds is 2. The largest absolute Gasteiger partial charge is 0.454 e. The van der Waals surface area contributed by atoms with Gasteiger partial charge in [-0.25, -0.2) is 4.79 Å². The lowest BCUT2D eigenvalue weighted by Gasteiger charge is -2.60. The highest BCUT2D eigenvalue weighted by atomic mass is 16.7.